The van der Waals surface area contributed by atoms with E-state index < -0.39 is 24.5 Å². The van der Waals surface area contributed by atoms with Gasteiger partial charge in [-0.15, -0.1) is 0 Å². The van der Waals surface area contributed by atoms with Crippen molar-refractivity contribution in [3.8, 4) is 0 Å². The predicted octanol–water partition coefficient (Wildman–Crippen LogP) is 0.623. The van der Waals surface area contributed by atoms with Crippen LogP contribution in [0.25, 0.3) is 0 Å². The first-order valence-corrected chi connectivity index (χ1v) is 4.27. The number of carbonyl (C=O) groups is 1. The Kier molecular flexibility index (Phi) is 3.19. The van der Waals surface area contributed by atoms with Gasteiger partial charge in [-0.2, -0.15) is 8.78 Å². The molecule has 76 valence electrons. The van der Waals surface area contributed by atoms with Crippen molar-refractivity contribution in [2.24, 2.45) is 0 Å². The fourth-order valence-corrected chi connectivity index (χ4v) is 1.69. The molecule has 0 spiro atoms. The average Bonchev–Trinajstić information content (AvgIpc) is 2.48. The smallest absolute Gasteiger partial charge is 0.315 e. The summed E-state index contributed by atoms with van der Waals surface area (Å²) in [6.45, 7) is 0. The number of hydrogen-bond acceptors (Lipinski definition) is 2. The van der Waals surface area contributed by atoms with Crippen molar-refractivity contribution in [3.63, 3.8) is 0 Å². The van der Waals surface area contributed by atoms with Gasteiger partial charge in [0.25, 0.3) is 5.91 Å². The maximum absolute atomic E-state index is 12.0. The number of likely N-dealkylation sites (N-methyl/N-ethyl adjacent to an activating group) is 1. The van der Waals surface area contributed by atoms with Gasteiger partial charge in [-0.25, -0.2) is 0 Å². The molecular formula is C8H13F2NO2. The van der Waals surface area contributed by atoms with Gasteiger partial charge in [0.15, 0.2) is 0 Å². The number of nitrogens with zero attached hydrogens (tertiary/aromatic N) is 1. The van der Waals surface area contributed by atoms with Gasteiger partial charge in [0.05, 0.1) is 12.1 Å². The van der Waals surface area contributed by atoms with Crippen LogP contribution in [-0.2, 0) is 4.79 Å². The highest BCUT2D eigenvalue weighted by Gasteiger charge is 2.33. The Morgan fingerprint density at radius 2 is 2.15 bits per heavy atom. The van der Waals surface area contributed by atoms with Gasteiger partial charge in [-0.3, -0.25) is 4.79 Å². The minimum atomic E-state index is -2.97. The predicted molar refractivity (Wildman–Crippen MR) is 42.4 cm³/mol. The Bertz CT molecular complexity index is 199. The summed E-state index contributed by atoms with van der Waals surface area (Å²) in [6, 6.07) is -0.429. The highest BCUT2D eigenvalue weighted by molar-refractivity contribution is 5.79. The average molecular weight is 193 g/mol. The first-order valence-electron chi connectivity index (χ1n) is 4.27. The second-order valence-electron chi connectivity index (χ2n) is 3.32. The maximum Gasteiger partial charge on any atom is 0.315 e. The second kappa shape index (κ2) is 4.00. The van der Waals surface area contributed by atoms with Gasteiger partial charge in [0.2, 0.25) is 0 Å². The molecular weight excluding hydrogens is 180 g/mol. The fraction of sp³-hybridized carbons (Fsp3) is 0.875. The van der Waals surface area contributed by atoms with Crippen LogP contribution in [0.2, 0.25) is 0 Å². The lowest BCUT2D eigenvalue weighted by molar-refractivity contribution is -0.145. The number of carbonyl (C=O) groups excluding carboxylic acids is 1. The van der Waals surface area contributed by atoms with E-state index in [0.717, 1.165) is 11.3 Å². The van der Waals surface area contributed by atoms with Crippen LogP contribution in [-0.4, -0.2) is 41.5 Å². The highest BCUT2D eigenvalue weighted by Crippen LogP contribution is 2.23. The largest absolute Gasteiger partial charge is 0.391 e. The van der Waals surface area contributed by atoms with Gasteiger partial charge in [-0.05, 0) is 19.3 Å². The van der Waals surface area contributed by atoms with E-state index in [-0.39, 0.29) is 0 Å². The molecule has 1 N–H and O–H groups in total. The Morgan fingerprint density at radius 1 is 1.54 bits per heavy atom. The van der Waals surface area contributed by atoms with Gasteiger partial charge in [-0.1, -0.05) is 0 Å². The molecule has 1 aliphatic rings. The van der Waals surface area contributed by atoms with Crippen molar-refractivity contribution in [2.75, 3.05) is 7.05 Å². The van der Waals surface area contributed by atoms with E-state index in [1.807, 2.05) is 0 Å². The molecule has 2 atom stereocenters. The van der Waals surface area contributed by atoms with Crippen molar-refractivity contribution in [1.29, 1.82) is 0 Å². The lowest BCUT2D eigenvalue weighted by atomic mass is 10.2. The molecule has 1 fully saturated rings. The molecule has 3 nitrogen and oxygen atoms in total. The lowest BCUT2D eigenvalue weighted by Gasteiger charge is -2.26. The van der Waals surface area contributed by atoms with Crippen LogP contribution in [0.4, 0.5) is 8.78 Å². The normalized spacial score (nSPS) is 28.1. The molecule has 0 heterocycles. The monoisotopic (exact) mass is 193 g/mol. The molecule has 0 radical (unpaired) electrons. The van der Waals surface area contributed by atoms with Crippen molar-refractivity contribution >= 4 is 5.91 Å². The van der Waals surface area contributed by atoms with Crippen LogP contribution in [0.15, 0.2) is 0 Å². The van der Waals surface area contributed by atoms with Crippen LogP contribution in [0.5, 0.6) is 0 Å². The van der Waals surface area contributed by atoms with Gasteiger partial charge >= 0.3 is 6.43 Å². The molecule has 0 aliphatic heterocycles. The van der Waals surface area contributed by atoms with E-state index in [1.165, 1.54) is 7.05 Å². The van der Waals surface area contributed by atoms with Crippen LogP contribution in [0.1, 0.15) is 19.3 Å². The van der Waals surface area contributed by atoms with E-state index in [0.29, 0.717) is 12.8 Å². The van der Waals surface area contributed by atoms with Crippen LogP contribution >= 0.6 is 0 Å². The number of hydrogen-bond donors (Lipinski definition) is 1. The quantitative estimate of drug-likeness (QED) is 0.698. The molecule has 5 heteroatoms. The molecule has 0 unspecified atom stereocenters. The minimum Gasteiger partial charge on any atom is -0.391 e. The number of rotatable bonds is 2. The van der Waals surface area contributed by atoms with Crippen molar-refractivity contribution in [2.45, 2.75) is 37.8 Å². The molecule has 0 aromatic heterocycles. The third-order valence-corrected chi connectivity index (χ3v) is 2.48. The van der Waals surface area contributed by atoms with Crippen molar-refractivity contribution < 1.29 is 18.7 Å². The summed E-state index contributed by atoms with van der Waals surface area (Å²) in [7, 11) is 1.31. The second-order valence-corrected chi connectivity index (χ2v) is 3.32. The minimum absolute atomic E-state index is 0.429. The fourth-order valence-electron chi connectivity index (χ4n) is 1.69. The number of halogens is 2. The number of alkyl halides is 2. The Morgan fingerprint density at radius 3 is 2.54 bits per heavy atom. The Labute approximate surface area is 75.3 Å². The summed E-state index contributed by atoms with van der Waals surface area (Å²) in [5.41, 5.74) is 0. The van der Waals surface area contributed by atoms with Gasteiger partial charge in [0, 0.05) is 7.05 Å². The van der Waals surface area contributed by atoms with Crippen LogP contribution in [0, 0.1) is 0 Å². The molecule has 1 amide bonds. The summed E-state index contributed by atoms with van der Waals surface area (Å²) in [4.78, 5) is 11.8. The standard InChI is InChI=1S/C8H13F2NO2/c1-11(8(13)7(9)10)5-3-2-4-6(5)12/h5-7,12H,2-4H2,1H3/t5-,6-/m1/s1. The zero-order chi connectivity index (χ0) is 10.0. The summed E-state index contributed by atoms with van der Waals surface area (Å²) < 4.78 is 24.0. The maximum atomic E-state index is 12.0. The van der Waals surface area contributed by atoms with Crippen molar-refractivity contribution in [1.82, 2.24) is 4.90 Å². The number of aliphatic hydroxyl groups is 1. The third-order valence-electron chi connectivity index (χ3n) is 2.48. The number of aliphatic hydroxyl groups excluding tert-OH is 1. The van der Waals surface area contributed by atoms with E-state index in [9.17, 15) is 18.7 Å². The SMILES string of the molecule is CN(C(=O)C(F)F)[C@@H]1CCC[C@H]1O. The zero-order valence-electron chi connectivity index (χ0n) is 7.41. The summed E-state index contributed by atoms with van der Waals surface area (Å²) in [5, 5.41) is 9.35. The molecule has 1 rings (SSSR count). The molecule has 1 saturated carbocycles. The first kappa shape index (κ1) is 10.4. The van der Waals surface area contributed by atoms with Crippen molar-refractivity contribution in [3.05, 3.63) is 0 Å². The first-order chi connectivity index (χ1) is 6.04. The van der Waals surface area contributed by atoms with Crippen LogP contribution < -0.4 is 0 Å². The third kappa shape index (κ3) is 2.15. The lowest BCUT2D eigenvalue weighted by Crippen LogP contribution is -2.44. The number of amides is 1. The molecule has 13 heavy (non-hydrogen) atoms. The zero-order valence-corrected chi connectivity index (χ0v) is 7.41. The van der Waals surface area contributed by atoms with Crippen LogP contribution in [0.3, 0.4) is 0 Å². The summed E-state index contributed by atoms with van der Waals surface area (Å²) in [6.07, 6.45) is -1.64. The molecule has 1 aliphatic carbocycles. The molecule has 0 aromatic carbocycles. The molecule has 0 bridgehead atoms. The topological polar surface area (TPSA) is 40.5 Å². The van der Waals surface area contributed by atoms with E-state index >= 15 is 0 Å². The Hall–Kier alpha value is -0.710. The van der Waals surface area contributed by atoms with E-state index in [4.69, 9.17) is 0 Å². The summed E-state index contributed by atoms with van der Waals surface area (Å²) in [5.74, 6) is -1.20. The molecule has 0 aromatic rings. The van der Waals surface area contributed by atoms with E-state index in [2.05, 4.69) is 0 Å². The van der Waals surface area contributed by atoms with Gasteiger partial charge in [0.1, 0.15) is 0 Å². The Balaban J connectivity index is 2.56. The highest BCUT2D eigenvalue weighted by atomic mass is 19.3. The summed E-state index contributed by atoms with van der Waals surface area (Å²) >= 11 is 0. The van der Waals surface area contributed by atoms with E-state index in [1.54, 1.807) is 0 Å². The van der Waals surface area contributed by atoms with Gasteiger partial charge < -0.3 is 10.0 Å². The molecule has 0 saturated heterocycles.